The molecule has 1 saturated heterocycles. The molecule has 1 aromatic heterocycles. The zero-order valence-corrected chi connectivity index (χ0v) is 17.4. The van der Waals surface area contributed by atoms with E-state index in [1.165, 1.54) is 11.8 Å². The number of aromatic nitrogens is 1. The number of amides is 1. The summed E-state index contributed by atoms with van der Waals surface area (Å²) in [5.74, 6) is -2.03. The highest BCUT2D eigenvalue weighted by Gasteiger charge is 2.27. The number of nitrogens with one attached hydrogen (secondary N) is 1. The SMILES string of the molecule is CSc1ncccc1C(=O)N1CCC(CNS(=O)(=O)c2ccc(F)cc2F)CC1. The number of sulfonamides is 1. The molecule has 0 saturated carbocycles. The van der Waals surface area contributed by atoms with E-state index in [2.05, 4.69) is 9.71 Å². The van der Waals surface area contributed by atoms with Gasteiger partial charge in [0.05, 0.1) is 5.56 Å². The number of nitrogens with zero attached hydrogens (tertiary/aromatic N) is 2. The van der Waals surface area contributed by atoms with E-state index in [1.54, 1.807) is 23.2 Å². The lowest BCUT2D eigenvalue weighted by Crippen LogP contribution is -2.41. The van der Waals surface area contributed by atoms with E-state index in [-0.39, 0.29) is 18.4 Å². The van der Waals surface area contributed by atoms with Crippen LogP contribution >= 0.6 is 11.8 Å². The van der Waals surface area contributed by atoms with Gasteiger partial charge in [-0.3, -0.25) is 4.79 Å². The van der Waals surface area contributed by atoms with Crippen LogP contribution in [0.2, 0.25) is 0 Å². The van der Waals surface area contributed by atoms with Crippen LogP contribution in [0.15, 0.2) is 46.5 Å². The molecular weight excluding hydrogens is 420 g/mol. The first-order chi connectivity index (χ1) is 13.8. The fourth-order valence-electron chi connectivity index (χ4n) is 3.23. The van der Waals surface area contributed by atoms with Crippen LogP contribution in [0.25, 0.3) is 0 Å². The first-order valence-electron chi connectivity index (χ1n) is 9.05. The van der Waals surface area contributed by atoms with Crippen molar-refractivity contribution in [3.05, 3.63) is 53.7 Å². The summed E-state index contributed by atoms with van der Waals surface area (Å²) < 4.78 is 53.7. The third kappa shape index (κ3) is 5.12. The third-order valence-corrected chi connectivity index (χ3v) is 7.01. The number of thioether (sulfide) groups is 1. The molecule has 0 unspecified atom stereocenters. The second-order valence-corrected chi connectivity index (χ2v) is 9.25. The lowest BCUT2D eigenvalue weighted by molar-refractivity contribution is 0.0687. The molecule has 0 bridgehead atoms. The minimum Gasteiger partial charge on any atom is -0.339 e. The van der Waals surface area contributed by atoms with Crippen molar-refractivity contribution < 1.29 is 22.0 Å². The molecule has 2 aromatic rings. The molecule has 1 amide bonds. The number of likely N-dealkylation sites (tertiary alicyclic amines) is 1. The molecule has 6 nitrogen and oxygen atoms in total. The van der Waals surface area contributed by atoms with Crippen LogP contribution in [0.4, 0.5) is 8.78 Å². The van der Waals surface area contributed by atoms with Crippen LogP contribution in [-0.2, 0) is 10.0 Å². The predicted octanol–water partition coefficient (Wildman–Crippen LogP) is 2.91. The maximum Gasteiger partial charge on any atom is 0.256 e. The van der Waals surface area contributed by atoms with Gasteiger partial charge in [0.25, 0.3) is 5.91 Å². The van der Waals surface area contributed by atoms with E-state index in [0.717, 1.165) is 12.1 Å². The Hall–Kier alpha value is -2.04. The maximum absolute atomic E-state index is 13.8. The highest BCUT2D eigenvalue weighted by atomic mass is 32.2. The van der Waals surface area contributed by atoms with Gasteiger partial charge in [0.1, 0.15) is 21.6 Å². The van der Waals surface area contributed by atoms with Gasteiger partial charge in [0, 0.05) is 31.9 Å². The number of rotatable bonds is 6. The van der Waals surface area contributed by atoms with Crippen molar-refractivity contribution in [3.8, 4) is 0 Å². The number of halogens is 2. The predicted molar refractivity (Wildman–Crippen MR) is 106 cm³/mol. The molecule has 3 rings (SSSR count). The Morgan fingerprint density at radius 1 is 1.28 bits per heavy atom. The molecule has 10 heteroatoms. The number of carbonyl (C=O) groups is 1. The normalized spacial score (nSPS) is 15.5. The Morgan fingerprint density at radius 3 is 2.66 bits per heavy atom. The first kappa shape index (κ1) is 21.7. The highest BCUT2D eigenvalue weighted by Crippen LogP contribution is 2.23. The number of carbonyl (C=O) groups excluding carboxylic acids is 1. The Bertz CT molecular complexity index is 994. The van der Waals surface area contributed by atoms with Crippen LogP contribution < -0.4 is 4.72 Å². The van der Waals surface area contributed by atoms with Gasteiger partial charge >= 0.3 is 0 Å². The fraction of sp³-hybridized carbons (Fsp3) is 0.368. The number of hydrogen-bond acceptors (Lipinski definition) is 5. The standard InChI is InChI=1S/C19H21F2N3O3S2/c1-28-18-15(3-2-8-22-18)19(25)24-9-6-13(7-10-24)12-23-29(26,27)17-5-4-14(20)11-16(17)21/h2-5,8,11,13,23H,6-7,9-10,12H2,1H3. The average molecular weight is 442 g/mol. The topological polar surface area (TPSA) is 79.4 Å². The number of piperidine rings is 1. The lowest BCUT2D eigenvalue weighted by Gasteiger charge is -2.32. The first-order valence-corrected chi connectivity index (χ1v) is 11.8. The number of pyridine rings is 1. The number of hydrogen-bond donors (Lipinski definition) is 1. The zero-order valence-electron chi connectivity index (χ0n) is 15.8. The van der Waals surface area contributed by atoms with Crippen molar-refractivity contribution in [2.45, 2.75) is 22.8 Å². The molecule has 0 spiro atoms. The van der Waals surface area contributed by atoms with Crippen LogP contribution in [-0.4, -0.2) is 50.1 Å². The number of benzene rings is 1. The van der Waals surface area contributed by atoms with Crippen molar-refractivity contribution in [2.24, 2.45) is 5.92 Å². The van der Waals surface area contributed by atoms with Crippen LogP contribution in [0.1, 0.15) is 23.2 Å². The van der Waals surface area contributed by atoms with E-state index in [0.29, 0.717) is 42.6 Å². The van der Waals surface area contributed by atoms with Gasteiger partial charge in [-0.25, -0.2) is 26.9 Å². The van der Waals surface area contributed by atoms with Gasteiger partial charge in [-0.05, 0) is 49.3 Å². The quantitative estimate of drug-likeness (QED) is 0.698. The molecule has 29 heavy (non-hydrogen) atoms. The Kier molecular flexibility index (Phi) is 6.86. The van der Waals surface area contributed by atoms with E-state index in [1.807, 2.05) is 6.26 Å². The minimum atomic E-state index is -4.07. The molecule has 1 aliphatic rings. The molecular formula is C19H21F2N3O3S2. The zero-order chi connectivity index (χ0) is 21.0. The van der Waals surface area contributed by atoms with Gasteiger partial charge in [-0.2, -0.15) is 0 Å². The average Bonchev–Trinajstić information content (AvgIpc) is 2.72. The summed E-state index contributed by atoms with van der Waals surface area (Å²) in [5, 5.41) is 0.675. The van der Waals surface area contributed by atoms with Crippen molar-refractivity contribution in [1.29, 1.82) is 0 Å². The van der Waals surface area contributed by atoms with Crippen LogP contribution in [0.3, 0.4) is 0 Å². The fourth-order valence-corrected chi connectivity index (χ4v) is 4.94. The molecule has 1 aromatic carbocycles. The van der Waals surface area contributed by atoms with E-state index in [9.17, 15) is 22.0 Å². The Balaban J connectivity index is 1.56. The lowest BCUT2D eigenvalue weighted by atomic mass is 9.97. The summed E-state index contributed by atoms with van der Waals surface area (Å²) in [4.78, 5) is 18.1. The summed E-state index contributed by atoms with van der Waals surface area (Å²) >= 11 is 1.41. The molecule has 1 N–H and O–H groups in total. The second kappa shape index (κ2) is 9.19. The smallest absolute Gasteiger partial charge is 0.256 e. The third-order valence-electron chi connectivity index (χ3n) is 4.84. The molecule has 0 radical (unpaired) electrons. The molecule has 1 fully saturated rings. The van der Waals surface area contributed by atoms with Crippen molar-refractivity contribution >= 4 is 27.7 Å². The summed E-state index contributed by atoms with van der Waals surface area (Å²) in [6.07, 6.45) is 4.75. The summed E-state index contributed by atoms with van der Waals surface area (Å²) in [6, 6.07) is 5.83. The summed E-state index contributed by atoms with van der Waals surface area (Å²) in [5.41, 5.74) is 0.561. The van der Waals surface area contributed by atoms with Crippen LogP contribution in [0, 0.1) is 17.6 Å². The molecule has 156 valence electrons. The van der Waals surface area contributed by atoms with Gasteiger partial charge < -0.3 is 4.90 Å². The van der Waals surface area contributed by atoms with E-state index >= 15 is 0 Å². The molecule has 2 heterocycles. The van der Waals surface area contributed by atoms with Crippen molar-refractivity contribution in [1.82, 2.24) is 14.6 Å². The maximum atomic E-state index is 13.8. The molecule has 0 atom stereocenters. The van der Waals surface area contributed by atoms with Gasteiger partial charge in [-0.15, -0.1) is 11.8 Å². The van der Waals surface area contributed by atoms with Crippen molar-refractivity contribution in [3.63, 3.8) is 0 Å². The Labute approximate surface area is 172 Å². The molecule has 0 aliphatic carbocycles. The summed E-state index contributed by atoms with van der Waals surface area (Å²) in [7, 11) is -4.07. The van der Waals surface area contributed by atoms with Gasteiger partial charge in [0.15, 0.2) is 0 Å². The van der Waals surface area contributed by atoms with E-state index < -0.39 is 26.6 Å². The molecule has 1 aliphatic heterocycles. The van der Waals surface area contributed by atoms with Crippen molar-refractivity contribution in [2.75, 3.05) is 25.9 Å². The Morgan fingerprint density at radius 2 is 2.00 bits per heavy atom. The van der Waals surface area contributed by atoms with Gasteiger partial charge in [0.2, 0.25) is 10.0 Å². The minimum absolute atomic E-state index is 0.0197. The van der Waals surface area contributed by atoms with E-state index in [4.69, 9.17) is 0 Å². The second-order valence-electron chi connectivity index (χ2n) is 6.72. The largest absolute Gasteiger partial charge is 0.339 e. The highest BCUT2D eigenvalue weighted by molar-refractivity contribution is 7.98. The van der Waals surface area contributed by atoms with Crippen LogP contribution in [0.5, 0.6) is 0 Å². The summed E-state index contributed by atoms with van der Waals surface area (Å²) in [6.45, 7) is 1.13. The van der Waals surface area contributed by atoms with Gasteiger partial charge in [-0.1, -0.05) is 0 Å². The monoisotopic (exact) mass is 441 g/mol.